The van der Waals surface area contributed by atoms with E-state index in [0.717, 1.165) is 30.2 Å². The molecule has 2 aromatic heterocycles. The second kappa shape index (κ2) is 6.81. The normalized spacial score (nSPS) is 10.5. The molecule has 1 N–H and O–H groups in total. The van der Waals surface area contributed by atoms with Gasteiger partial charge in [0.2, 0.25) is 0 Å². The van der Waals surface area contributed by atoms with E-state index < -0.39 is 0 Å². The van der Waals surface area contributed by atoms with Crippen LogP contribution in [0.15, 0.2) is 41.0 Å². The molecule has 18 heavy (non-hydrogen) atoms. The molecule has 0 bridgehead atoms. The van der Waals surface area contributed by atoms with Crippen molar-refractivity contribution < 1.29 is 9.15 Å². The van der Waals surface area contributed by atoms with Gasteiger partial charge in [0.15, 0.2) is 0 Å². The van der Waals surface area contributed by atoms with E-state index in [1.54, 1.807) is 6.26 Å². The Bertz CT molecular complexity index is 455. The Morgan fingerprint density at radius 2 is 2.22 bits per heavy atom. The minimum atomic E-state index is 0.537. The zero-order chi connectivity index (χ0) is 12.6. The van der Waals surface area contributed by atoms with E-state index in [2.05, 4.69) is 10.3 Å². The fourth-order valence-corrected chi connectivity index (χ4v) is 1.60. The van der Waals surface area contributed by atoms with Gasteiger partial charge in [-0.1, -0.05) is 6.07 Å². The Kier molecular flexibility index (Phi) is 4.78. The lowest BCUT2D eigenvalue weighted by Crippen LogP contribution is -2.07. The fourth-order valence-electron chi connectivity index (χ4n) is 1.60. The Balaban J connectivity index is 1.56. The summed E-state index contributed by atoms with van der Waals surface area (Å²) in [4.78, 5) is 4.36. The summed E-state index contributed by atoms with van der Waals surface area (Å²) < 4.78 is 10.7. The maximum absolute atomic E-state index is 5.49. The molecule has 0 unspecified atom stereocenters. The van der Waals surface area contributed by atoms with Crippen molar-refractivity contribution >= 4 is 5.82 Å². The molecule has 2 heterocycles. The number of nitrogens with one attached hydrogen (secondary N) is 1. The van der Waals surface area contributed by atoms with Crippen LogP contribution in [0.25, 0.3) is 0 Å². The van der Waals surface area contributed by atoms with Crippen LogP contribution < -0.4 is 5.32 Å². The van der Waals surface area contributed by atoms with Gasteiger partial charge in [-0.2, -0.15) is 0 Å². The molecule has 2 rings (SSSR count). The number of ether oxygens (including phenoxy) is 1. The zero-order valence-corrected chi connectivity index (χ0v) is 10.6. The molecule has 0 spiro atoms. The summed E-state index contributed by atoms with van der Waals surface area (Å²) in [5.74, 6) is 1.78. The van der Waals surface area contributed by atoms with Crippen molar-refractivity contribution in [3.8, 4) is 0 Å². The lowest BCUT2D eigenvalue weighted by atomic mass is 10.3. The zero-order valence-electron chi connectivity index (χ0n) is 10.6. The first-order chi connectivity index (χ1) is 8.84. The number of aromatic nitrogens is 1. The molecule has 0 aromatic carbocycles. The summed E-state index contributed by atoms with van der Waals surface area (Å²) in [5.41, 5.74) is 1.02. The summed E-state index contributed by atoms with van der Waals surface area (Å²) in [6.45, 7) is 4.08. The summed E-state index contributed by atoms with van der Waals surface area (Å²) in [5, 5.41) is 3.26. The number of hydrogen-bond donors (Lipinski definition) is 1. The van der Waals surface area contributed by atoms with E-state index in [4.69, 9.17) is 9.15 Å². The van der Waals surface area contributed by atoms with Crippen LogP contribution in [0.1, 0.15) is 17.9 Å². The maximum Gasteiger partial charge on any atom is 0.129 e. The second-order valence-electron chi connectivity index (χ2n) is 4.08. The highest BCUT2D eigenvalue weighted by molar-refractivity contribution is 5.34. The molecular weight excluding hydrogens is 228 g/mol. The number of aryl methyl sites for hydroxylation is 1. The molecule has 0 aliphatic carbocycles. The molecule has 4 nitrogen and oxygen atoms in total. The van der Waals surface area contributed by atoms with E-state index in [1.807, 2.05) is 37.3 Å². The summed E-state index contributed by atoms with van der Waals surface area (Å²) >= 11 is 0. The summed E-state index contributed by atoms with van der Waals surface area (Å²) in [6, 6.07) is 9.73. The van der Waals surface area contributed by atoms with Crippen molar-refractivity contribution in [2.75, 3.05) is 18.5 Å². The number of hydrogen-bond acceptors (Lipinski definition) is 4. The second-order valence-corrected chi connectivity index (χ2v) is 4.08. The highest BCUT2D eigenvalue weighted by Gasteiger charge is 1.96. The van der Waals surface area contributed by atoms with E-state index in [1.165, 1.54) is 0 Å². The number of rotatable bonds is 7. The van der Waals surface area contributed by atoms with Crippen LogP contribution in [-0.4, -0.2) is 18.1 Å². The first kappa shape index (κ1) is 12.6. The first-order valence-electron chi connectivity index (χ1n) is 6.12. The van der Waals surface area contributed by atoms with Gasteiger partial charge in [-0.25, -0.2) is 4.98 Å². The molecule has 4 heteroatoms. The summed E-state index contributed by atoms with van der Waals surface area (Å²) in [7, 11) is 0. The molecule has 0 fully saturated rings. The van der Waals surface area contributed by atoms with Gasteiger partial charge in [-0.05, 0) is 37.6 Å². The molecule has 0 aliphatic heterocycles. The van der Waals surface area contributed by atoms with Gasteiger partial charge < -0.3 is 14.5 Å². The van der Waals surface area contributed by atoms with E-state index >= 15 is 0 Å². The van der Waals surface area contributed by atoms with E-state index in [9.17, 15) is 0 Å². The van der Waals surface area contributed by atoms with E-state index in [0.29, 0.717) is 13.2 Å². The average Bonchev–Trinajstić information content (AvgIpc) is 2.87. The number of furan rings is 1. The lowest BCUT2D eigenvalue weighted by molar-refractivity contribution is 0.106. The van der Waals surface area contributed by atoms with Crippen molar-refractivity contribution in [1.29, 1.82) is 0 Å². The van der Waals surface area contributed by atoms with Crippen molar-refractivity contribution in [1.82, 2.24) is 4.98 Å². The Hall–Kier alpha value is -1.81. The third kappa shape index (κ3) is 4.22. The Labute approximate surface area is 107 Å². The van der Waals surface area contributed by atoms with Gasteiger partial charge in [0.05, 0.1) is 6.26 Å². The van der Waals surface area contributed by atoms with Gasteiger partial charge in [-0.3, -0.25) is 0 Å². The molecule has 0 saturated heterocycles. The van der Waals surface area contributed by atoms with Crippen molar-refractivity contribution in [2.24, 2.45) is 0 Å². The fraction of sp³-hybridized carbons (Fsp3) is 0.357. The maximum atomic E-state index is 5.49. The van der Waals surface area contributed by atoms with Gasteiger partial charge in [0.1, 0.15) is 18.2 Å². The highest BCUT2D eigenvalue weighted by Crippen LogP contribution is 2.04. The van der Waals surface area contributed by atoms with Crippen LogP contribution in [0, 0.1) is 6.92 Å². The summed E-state index contributed by atoms with van der Waals surface area (Å²) in [6.07, 6.45) is 2.60. The number of pyridine rings is 1. The van der Waals surface area contributed by atoms with E-state index in [-0.39, 0.29) is 0 Å². The molecule has 0 aliphatic rings. The van der Waals surface area contributed by atoms with Gasteiger partial charge in [0, 0.05) is 18.8 Å². The topological polar surface area (TPSA) is 47.3 Å². The largest absolute Gasteiger partial charge is 0.467 e. The Morgan fingerprint density at radius 1 is 1.28 bits per heavy atom. The molecule has 0 amide bonds. The molecule has 96 valence electrons. The van der Waals surface area contributed by atoms with Gasteiger partial charge >= 0.3 is 0 Å². The van der Waals surface area contributed by atoms with Crippen LogP contribution in [0.3, 0.4) is 0 Å². The van der Waals surface area contributed by atoms with Gasteiger partial charge in [-0.15, -0.1) is 0 Å². The third-order valence-corrected chi connectivity index (χ3v) is 2.48. The molecular formula is C14H18N2O2. The molecule has 0 atom stereocenters. The SMILES string of the molecule is Cc1cccc(NCCCOCc2ccco2)n1. The first-order valence-corrected chi connectivity index (χ1v) is 6.12. The minimum absolute atomic E-state index is 0.537. The van der Waals surface area contributed by atoms with Crippen molar-refractivity contribution in [2.45, 2.75) is 20.0 Å². The predicted molar refractivity (Wildman–Crippen MR) is 70.4 cm³/mol. The quantitative estimate of drug-likeness (QED) is 0.763. The predicted octanol–water partition coefficient (Wildman–Crippen LogP) is 3.00. The molecule has 0 saturated carbocycles. The number of nitrogens with zero attached hydrogens (tertiary/aromatic N) is 1. The minimum Gasteiger partial charge on any atom is -0.467 e. The highest BCUT2D eigenvalue weighted by atomic mass is 16.5. The van der Waals surface area contributed by atoms with Gasteiger partial charge in [0.25, 0.3) is 0 Å². The monoisotopic (exact) mass is 246 g/mol. The average molecular weight is 246 g/mol. The molecule has 2 aromatic rings. The van der Waals surface area contributed by atoms with Crippen molar-refractivity contribution in [3.05, 3.63) is 48.0 Å². The lowest BCUT2D eigenvalue weighted by Gasteiger charge is -2.06. The van der Waals surface area contributed by atoms with Crippen LogP contribution in [-0.2, 0) is 11.3 Å². The van der Waals surface area contributed by atoms with Crippen LogP contribution in [0.5, 0.6) is 0 Å². The third-order valence-electron chi connectivity index (χ3n) is 2.48. The van der Waals surface area contributed by atoms with Crippen LogP contribution >= 0.6 is 0 Å². The van der Waals surface area contributed by atoms with Crippen LogP contribution in [0.2, 0.25) is 0 Å². The Morgan fingerprint density at radius 3 is 3.00 bits per heavy atom. The van der Waals surface area contributed by atoms with Crippen molar-refractivity contribution in [3.63, 3.8) is 0 Å². The standard InChI is InChI=1S/C14H18N2O2/c1-12-5-2-7-14(16-12)15-8-4-9-17-11-13-6-3-10-18-13/h2-3,5-7,10H,4,8-9,11H2,1H3,(H,15,16). The molecule has 0 radical (unpaired) electrons. The smallest absolute Gasteiger partial charge is 0.129 e. The number of anilines is 1. The van der Waals surface area contributed by atoms with Crippen LogP contribution in [0.4, 0.5) is 5.82 Å².